The third kappa shape index (κ3) is 8.68. The van der Waals surface area contributed by atoms with Crippen molar-refractivity contribution < 1.29 is 14.3 Å². The Bertz CT molecular complexity index is 421. The van der Waals surface area contributed by atoms with E-state index in [1.54, 1.807) is 24.3 Å². The molecule has 0 unspecified atom stereocenters. The van der Waals surface area contributed by atoms with Crippen LogP contribution in [0.2, 0.25) is 0 Å². The van der Waals surface area contributed by atoms with Gasteiger partial charge in [0, 0.05) is 37.6 Å². The third-order valence-electron chi connectivity index (χ3n) is 3.01. The maximum absolute atomic E-state index is 11.7. The van der Waals surface area contributed by atoms with Gasteiger partial charge in [0.2, 0.25) is 0 Å². The number of carbonyl (C=O) groups is 1. The van der Waals surface area contributed by atoms with Crippen molar-refractivity contribution in [3.05, 3.63) is 75.2 Å². The molecule has 0 fully saturated rings. The molecule has 24 heavy (non-hydrogen) atoms. The van der Waals surface area contributed by atoms with Gasteiger partial charge in [-0.05, 0) is 0 Å². The van der Waals surface area contributed by atoms with E-state index in [0.29, 0.717) is 37.6 Å². The molecule has 0 rings (SSSR count). The zero-order valence-corrected chi connectivity index (χ0v) is 14.4. The van der Waals surface area contributed by atoms with Gasteiger partial charge in [-0.25, -0.2) is 4.79 Å². The Hall–Kier alpha value is -2.69. The molecule has 0 spiro atoms. The van der Waals surface area contributed by atoms with Crippen LogP contribution in [0.15, 0.2) is 75.2 Å². The first kappa shape index (κ1) is 21.3. The summed E-state index contributed by atoms with van der Waals surface area (Å²) >= 11 is 0. The molecule has 0 heterocycles. The Balaban J connectivity index is 4.29. The van der Waals surface area contributed by atoms with Gasteiger partial charge < -0.3 is 19.3 Å². The van der Waals surface area contributed by atoms with Gasteiger partial charge in [-0.1, -0.05) is 37.5 Å². The van der Waals surface area contributed by atoms with E-state index in [1.165, 1.54) is 0 Å². The first-order chi connectivity index (χ1) is 11.5. The Kier molecular flexibility index (Phi) is 11.4. The third-order valence-corrected chi connectivity index (χ3v) is 3.01. The van der Waals surface area contributed by atoms with E-state index in [1.807, 2.05) is 9.80 Å². The van der Waals surface area contributed by atoms with E-state index >= 15 is 0 Å². The fourth-order valence-corrected chi connectivity index (χ4v) is 1.80. The normalized spacial score (nSPS) is 9.33. The standard InChI is InChI=1S/C19H28N2O3/c1-7-11-20(12-8-2)17(5)15-23-19(22)24-16-18(6)21(13-9-3)14-10-4/h7-10H,1-6,11-16H2. The summed E-state index contributed by atoms with van der Waals surface area (Å²) in [5, 5.41) is 0. The van der Waals surface area contributed by atoms with Crippen LogP contribution >= 0.6 is 0 Å². The smallest absolute Gasteiger partial charge is 0.428 e. The Morgan fingerprint density at radius 2 is 1.00 bits per heavy atom. The van der Waals surface area contributed by atoms with Crippen molar-refractivity contribution in [2.45, 2.75) is 0 Å². The SMILES string of the molecule is C=CCN(CC=C)C(=C)COC(=O)OCC(=C)N(CC=C)CC=C. The van der Waals surface area contributed by atoms with Gasteiger partial charge in [0.05, 0.1) is 0 Å². The van der Waals surface area contributed by atoms with Crippen LogP contribution in [0.1, 0.15) is 0 Å². The van der Waals surface area contributed by atoms with Crippen molar-refractivity contribution in [3.63, 3.8) is 0 Å². The van der Waals surface area contributed by atoms with E-state index in [9.17, 15) is 4.79 Å². The quantitative estimate of drug-likeness (QED) is 0.360. The largest absolute Gasteiger partial charge is 0.509 e. The van der Waals surface area contributed by atoms with Gasteiger partial charge in [-0.2, -0.15) is 0 Å². The number of nitrogens with zero attached hydrogens (tertiary/aromatic N) is 2. The summed E-state index contributed by atoms with van der Waals surface area (Å²) in [6.45, 7) is 24.9. The molecular weight excluding hydrogens is 304 g/mol. The molecule has 0 atom stereocenters. The molecule has 0 saturated heterocycles. The maximum Gasteiger partial charge on any atom is 0.509 e. The van der Waals surface area contributed by atoms with Crippen LogP contribution in [0.4, 0.5) is 4.79 Å². The average molecular weight is 332 g/mol. The monoisotopic (exact) mass is 332 g/mol. The number of ether oxygens (including phenoxy) is 2. The van der Waals surface area contributed by atoms with E-state index in [-0.39, 0.29) is 13.2 Å². The summed E-state index contributed by atoms with van der Waals surface area (Å²) in [5.41, 5.74) is 1.29. The number of hydrogen-bond acceptors (Lipinski definition) is 5. The highest BCUT2D eigenvalue weighted by atomic mass is 16.7. The average Bonchev–Trinajstić information content (AvgIpc) is 2.57. The molecule has 0 bridgehead atoms. The second kappa shape index (κ2) is 12.8. The molecule has 0 aliphatic carbocycles. The molecule has 5 heteroatoms. The van der Waals surface area contributed by atoms with Crippen molar-refractivity contribution in [3.8, 4) is 0 Å². The first-order valence-corrected chi connectivity index (χ1v) is 7.58. The molecule has 5 nitrogen and oxygen atoms in total. The highest BCUT2D eigenvalue weighted by Gasteiger charge is 2.11. The summed E-state index contributed by atoms with van der Waals surface area (Å²) in [6, 6.07) is 0. The molecule has 0 aliphatic rings. The second-order valence-electron chi connectivity index (χ2n) is 4.92. The van der Waals surface area contributed by atoms with E-state index < -0.39 is 6.16 Å². The van der Waals surface area contributed by atoms with Crippen molar-refractivity contribution in [1.29, 1.82) is 0 Å². The minimum Gasteiger partial charge on any atom is -0.428 e. The lowest BCUT2D eigenvalue weighted by atomic mass is 10.3. The van der Waals surface area contributed by atoms with Gasteiger partial charge >= 0.3 is 6.16 Å². The van der Waals surface area contributed by atoms with Crippen LogP contribution in [-0.2, 0) is 9.47 Å². The minimum absolute atomic E-state index is 0.0377. The summed E-state index contributed by atoms with van der Waals surface area (Å²) in [7, 11) is 0. The van der Waals surface area contributed by atoms with Gasteiger partial charge in [0.15, 0.2) is 0 Å². The molecule has 0 aliphatic heterocycles. The molecule has 0 aromatic carbocycles. The zero-order valence-electron chi connectivity index (χ0n) is 14.4. The summed E-state index contributed by atoms with van der Waals surface area (Å²) < 4.78 is 10.1. The van der Waals surface area contributed by atoms with Crippen LogP contribution in [-0.4, -0.2) is 55.3 Å². The maximum atomic E-state index is 11.7. The number of rotatable bonds is 14. The lowest BCUT2D eigenvalue weighted by Crippen LogP contribution is -2.28. The molecule has 0 radical (unpaired) electrons. The molecule has 0 amide bonds. The predicted molar refractivity (Wildman–Crippen MR) is 99.5 cm³/mol. The second-order valence-corrected chi connectivity index (χ2v) is 4.92. The molecule has 132 valence electrons. The zero-order chi connectivity index (χ0) is 18.4. The highest BCUT2D eigenvalue weighted by Crippen LogP contribution is 2.06. The Morgan fingerprint density at radius 1 is 0.708 bits per heavy atom. The van der Waals surface area contributed by atoms with Crippen molar-refractivity contribution in [2.75, 3.05) is 39.4 Å². The lowest BCUT2D eigenvalue weighted by molar-refractivity contribution is 0.0597. The Labute approximate surface area is 145 Å². The predicted octanol–water partition coefficient (Wildman–Crippen LogP) is 3.52. The van der Waals surface area contributed by atoms with Gasteiger partial charge in [0.25, 0.3) is 0 Å². The van der Waals surface area contributed by atoms with Gasteiger partial charge in [0.1, 0.15) is 13.2 Å². The van der Waals surface area contributed by atoms with Crippen LogP contribution < -0.4 is 0 Å². The van der Waals surface area contributed by atoms with Gasteiger partial charge in [-0.3, -0.25) is 0 Å². The van der Waals surface area contributed by atoms with Crippen LogP contribution in [0.25, 0.3) is 0 Å². The van der Waals surface area contributed by atoms with Crippen molar-refractivity contribution in [2.24, 2.45) is 0 Å². The summed E-state index contributed by atoms with van der Waals surface area (Å²) in [5.74, 6) is 0. The summed E-state index contributed by atoms with van der Waals surface area (Å²) in [4.78, 5) is 15.5. The van der Waals surface area contributed by atoms with E-state index in [2.05, 4.69) is 39.5 Å². The molecular formula is C19H28N2O3. The minimum atomic E-state index is -0.772. The van der Waals surface area contributed by atoms with Crippen LogP contribution in [0.3, 0.4) is 0 Å². The fraction of sp³-hybridized carbons (Fsp3) is 0.316. The number of hydrogen-bond donors (Lipinski definition) is 0. The lowest BCUT2D eigenvalue weighted by Gasteiger charge is -2.24. The van der Waals surface area contributed by atoms with Gasteiger partial charge in [-0.15, -0.1) is 26.3 Å². The van der Waals surface area contributed by atoms with Crippen LogP contribution in [0, 0.1) is 0 Å². The van der Waals surface area contributed by atoms with Crippen molar-refractivity contribution >= 4 is 6.16 Å². The summed E-state index contributed by atoms with van der Waals surface area (Å²) in [6.07, 6.45) is 6.19. The molecule has 0 aromatic rings. The van der Waals surface area contributed by atoms with E-state index in [4.69, 9.17) is 9.47 Å². The molecule has 0 aromatic heterocycles. The first-order valence-electron chi connectivity index (χ1n) is 7.58. The van der Waals surface area contributed by atoms with Crippen molar-refractivity contribution in [1.82, 2.24) is 9.80 Å². The van der Waals surface area contributed by atoms with Crippen LogP contribution in [0.5, 0.6) is 0 Å². The topological polar surface area (TPSA) is 42.0 Å². The fourth-order valence-electron chi connectivity index (χ4n) is 1.80. The number of carbonyl (C=O) groups excluding carboxylic acids is 1. The van der Waals surface area contributed by atoms with E-state index in [0.717, 1.165) is 0 Å². The molecule has 0 saturated carbocycles. The highest BCUT2D eigenvalue weighted by molar-refractivity contribution is 5.60. The molecule has 0 N–H and O–H groups in total. The Morgan fingerprint density at radius 3 is 1.25 bits per heavy atom.